The van der Waals surface area contributed by atoms with Gasteiger partial charge in [0, 0.05) is 25.7 Å². The summed E-state index contributed by atoms with van der Waals surface area (Å²) in [6.07, 6.45) is 3.56. The highest BCUT2D eigenvalue weighted by atomic mass is 32.1. The predicted octanol–water partition coefficient (Wildman–Crippen LogP) is 1.74. The van der Waals surface area contributed by atoms with Crippen molar-refractivity contribution in [1.82, 2.24) is 30.5 Å². The SMILES string of the molecule is CNCc1cn(CCCc2nc(-c3cccs3)no2)nn1. The zero-order valence-electron chi connectivity index (χ0n) is 11.7. The van der Waals surface area contributed by atoms with Gasteiger partial charge in [0.1, 0.15) is 0 Å². The number of thiophene rings is 1. The van der Waals surface area contributed by atoms with Crippen LogP contribution in [0.2, 0.25) is 0 Å². The molecule has 0 aliphatic heterocycles. The van der Waals surface area contributed by atoms with Gasteiger partial charge in [0.25, 0.3) is 0 Å². The summed E-state index contributed by atoms with van der Waals surface area (Å²) in [4.78, 5) is 5.42. The molecule has 110 valence electrons. The molecule has 0 fully saturated rings. The summed E-state index contributed by atoms with van der Waals surface area (Å²) in [6.45, 7) is 1.52. The van der Waals surface area contributed by atoms with E-state index in [9.17, 15) is 0 Å². The van der Waals surface area contributed by atoms with Crippen LogP contribution in [-0.2, 0) is 19.5 Å². The molecule has 0 saturated carbocycles. The molecule has 0 atom stereocenters. The molecule has 0 aliphatic rings. The normalized spacial score (nSPS) is 11.1. The Kier molecular flexibility index (Phi) is 4.37. The molecule has 1 N–H and O–H groups in total. The average molecular weight is 304 g/mol. The lowest BCUT2D eigenvalue weighted by atomic mass is 10.3. The molecule has 3 aromatic heterocycles. The lowest BCUT2D eigenvalue weighted by Crippen LogP contribution is -2.05. The summed E-state index contributed by atoms with van der Waals surface area (Å²) in [5, 5.41) is 17.2. The molecular weight excluding hydrogens is 288 g/mol. The van der Waals surface area contributed by atoms with Gasteiger partial charge in [0.15, 0.2) is 0 Å². The fourth-order valence-corrected chi connectivity index (χ4v) is 2.61. The van der Waals surface area contributed by atoms with Crippen molar-refractivity contribution in [2.75, 3.05) is 7.05 Å². The molecule has 21 heavy (non-hydrogen) atoms. The molecular formula is C13H16N6OS. The van der Waals surface area contributed by atoms with E-state index < -0.39 is 0 Å². The Balaban J connectivity index is 1.51. The van der Waals surface area contributed by atoms with Crippen molar-refractivity contribution in [3.8, 4) is 10.7 Å². The van der Waals surface area contributed by atoms with E-state index >= 15 is 0 Å². The van der Waals surface area contributed by atoms with Gasteiger partial charge in [-0.3, -0.25) is 4.68 Å². The first kappa shape index (κ1) is 13.9. The van der Waals surface area contributed by atoms with Crippen LogP contribution in [0, 0.1) is 0 Å². The second kappa shape index (κ2) is 6.59. The fourth-order valence-electron chi connectivity index (χ4n) is 1.96. The van der Waals surface area contributed by atoms with Crippen molar-refractivity contribution >= 4 is 11.3 Å². The number of hydrogen-bond donors (Lipinski definition) is 1. The van der Waals surface area contributed by atoms with Crippen molar-refractivity contribution < 1.29 is 4.52 Å². The van der Waals surface area contributed by atoms with E-state index in [-0.39, 0.29) is 0 Å². The molecule has 3 aromatic rings. The molecule has 3 rings (SSSR count). The molecule has 0 unspecified atom stereocenters. The van der Waals surface area contributed by atoms with Gasteiger partial charge < -0.3 is 9.84 Å². The third-order valence-corrected chi connectivity index (χ3v) is 3.80. The summed E-state index contributed by atoms with van der Waals surface area (Å²) in [5.41, 5.74) is 0.940. The highest BCUT2D eigenvalue weighted by Crippen LogP contribution is 2.21. The van der Waals surface area contributed by atoms with Crippen molar-refractivity contribution in [3.05, 3.63) is 35.3 Å². The summed E-state index contributed by atoms with van der Waals surface area (Å²) in [6, 6.07) is 3.96. The van der Waals surface area contributed by atoms with Crippen LogP contribution >= 0.6 is 11.3 Å². The van der Waals surface area contributed by atoms with Crippen molar-refractivity contribution in [1.29, 1.82) is 0 Å². The molecule has 0 bridgehead atoms. The maximum Gasteiger partial charge on any atom is 0.227 e. The number of nitrogens with zero attached hydrogens (tertiary/aromatic N) is 5. The summed E-state index contributed by atoms with van der Waals surface area (Å²) >= 11 is 1.60. The molecule has 8 heteroatoms. The van der Waals surface area contributed by atoms with E-state index in [0.717, 1.165) is 36.5 Å². The average Bonchev–Trinajstić information content (AvgIpc) is 3.20. The lowest BCUT2D eigenvalue weighted by Gasteiger charge is -1.97. The van der Waals surface area contributed by atoms with E-state index in [1.807, 2.05) is 35.4 Å². The first-order valence-corrected chi connectivity index (χ1v) is 7.63. The number of hydrogen-bond acceptors (Lipinski definition) is 7. The second-order valence-corrected chi connectivity index (χ2v) is 5.54. The van der Waals surface area contributed by atoms with Gasteiger partial charge >= 0.3 is 0 Å². The zero-order chi connectivity index (χ0) is 14.5. The first-order valence-electron chi connectivity index (χ1n) is 6.75. The van der Waals surface area contributed by atoms with E-state index in [2.05, 4.69) is 25.8 Å². The Labute approximate surface area is 126 Å². The van der Waals surface area contributed by atoms with Crippen LogP contribution in [0.25, 0.3) is 10.7 Å². The van der Waals surface area contributed by atoms with Gasteiger partial charge in [-0.15, -0.1) is 16.4 Å². The minimum Gasteiger partial charge on any atom is -0.339 e. The Bertz CT molecular complexity index is 674. The van der Waals surface area contributed by atoms with Crippen LogP contribution in [-0.4, -0.2) is 32.2 Å². The number of aryl methyl sites for hydroxylation is 2. The van der Waals surface area contributed by atoms with Crippen molar-refractivity contribution in [2.24, 2.45) is 0 Å². The Morgan fingerprint density at radius 2 is 2.38 bits per heavy atom. The molecule has 0 spiro atoms. The molecule has 0 amide bonds. The number of aromatic nitrogens is 5. The van der Waals surface area contributed by atoms with Gasteiger partial charge in [-0.05, 0) is 24.9 Å². The quantitative estimate of drug-likeness (QED) is 0.716. The largest absolute Gasteiger partial charge is 0.339 e. The third kappa shape index (κ3) is 3.53. The fraction of sp³-hybridized carbons (Fsp3) is 0.385. The second-order valence-electron chi connectivity index (χ2n) is 4.60. The van der Waals surface area contributed by atoms with E-state index in [1.165, 1.54) is 0 Å². The summed E-state index contributed by atoms with van der Waals surface area (Å²) in [5.74, 6) is 1.33. The van der Waals surface area contributed by atoms with Gasteiger partial charge in [-0.1, -0.05) is 16.4 Å². The summed E-state index contributed by atoms with van der Waals surface area (Å²) < 4.78 is 7.10. The Hall–Kier alpha value is -2.06. The van der Waals surface area contributed by atoms with Crippen LogP contribution in [0.15, 0.2) is 28.2 Å². The number of nitrogens with one attached hydrogen (secondary N) is 1. The molecule has 0 aliphatic carbocycles. The first-order chi connectivity index (χ1) is 10.3. The van der Waals surface area contributed by atoms with Crippen molar-refractivity contribution in [3.63, 3.8) is 0 Å². The maximum atomic E-state index is 5.26. The van der Waals surface area contributed by atoms with Crippen LogP contribution < -0.4 is 5.32 Å². The van der Waals surface area contributed by atoms with Gasteiger partial charge in [0.2, 0.25) is 11.7 Å². The Morgan fingerprint density at radius 1 is 1.43 bits per heavy atom. The van der Waals surface area contributed by atoms with Crippen LogP contribution in [0.3, 0.4) is 0 Å². The maximum absolute atomic E-state index is 5.26. The van der Waals surface area contributed by atoms with Crippen LogP contribution in [0.4, 0.5) is 0 Å². The van der Waals surface area contributed by atoms with Gasteiger partial charge in [-0.25, -0.2) is 0 Å². The number of rotatable bonds is 7. The molecule has 3 heterocycles. The molecule has 0 radical (unpaired) electrons. The van der Waals surface area contributed by atoms with Crippen molar-refractivity contribution in [2.45, 2.75) is 25.9 Å². The molecule has 0 aromatic carbocycles. The summed E-state index contributed by atoms with van der Waals surface area (Å²) in [7, 11) is 1.89. The topological polar surface area (TPSA) is 81.7 Å². The third-order valence-electron chi connectivity index (χ3n) is 2.93. The highest BCUT2D eigenvalue weighted by molar-refractivity contribution is 7.13. The predicted molar refractivity (Wildman–Crippen MR) is 78.7 cm³/mol. The highest BCUT2D eigenvalue weighted by Gasteiger charge is 2.09. The standard InChI is InChI=1S/C13H16N6OS/c1-14-8-10-9-19(18-16-10)6-2-5-12-15-13(17-20-12)11-4-3-7-21-11/h3-4,7,9,14H,2,5-6,8H2,1H3. The minimum absolute atomic E-state index is 0.661. The van der Waals surface area contributed by atoms with Crippen LogP contribution in [0.5, 0.6) is 0 Å². The monoisotopic (exact) mass is 304 g/mol. The van der Waals surface area contributed by atoms with E-state index in [0.29, 0.717) is 11.7 Å². The smallest absolute Gasteiger partial charge is 0.227 e. The molecule has 0 saturated heterocycles. The van der Waals surface area contributed by atoms with E-state index in [4.69, 9.17) is 4.52 Å². The lowest BCUT2D eigenvalue weighted by molar-refractivity contribution is 0.371. The van der Waals surface area contributed by atoms with Gasteiger partial charge in [0.05, 0.1) is 10.6 Å². The van der Waals surface area contributed by atoms with E-state index in [1.54, 1.807) is 11.3 Å². The molecule has 7 nitrogen and oxygen atoms in total. The minimum atomic E-state index is 0.661. The zero-order valence-corrected chi connectivity index (χ0v) is 12.5. The van der Waals surface area contributed by atoms with Gasteiger partial charge in [-0.2, -0.15) is 4.98 Å². The van der Waals surface area contributed by atoms with Crippen LogP contribution in [0.1, 0.15) is 18.0 Å². The Morgan fingerprint density at radius 3 is 3.19 bits per heavy atom.